The van der Waals surface area contributed by atoms with Crippen LogP contribution in [0, 0.1) is 5.92 Å². The minimum Gasteiger partial charge on any atom is -0.389 e. The summed E-state index contributed by atoms with van der Waals surface area (Å²) >= 11 is 7.03. The molecule has 1 aromatic carbocycles. The fourth-order valence-corrected chi connectivity index (χ4v) is 3.62. The Bertz CT molecular complexity index is 455. The number of thiocarbonyl (C=S) groups is 1. The van der Waals surface area contributed by atoms with Crippen molar-refractivity contribution in [3.05, 3.63) is 23.8 Å². The molecule has 0 aliphatic heterocycles. The van der Waals surface area contributed by atoms with E-state index in [1.165, 1.54) is 24.2 Å². The fraction of sp³-hybridized carbons (Fsp3) is 0.533. The molecule has 2 nitrogen and oxygen atoms in total. The highest BCUT2D eigenvalue weighted by molar-refractivity contribution is 7.99. The van der Waals surface area contributed by atoms with Crippen molar-refractivity contribution < 1.29 is 0 Å². The molecule has 2 rings (SSSR count). The second kappa shape index (κ2) is 6.62. The van der Waals surface area contributed by atoms with Crippen LogP contribution in [-0.2, 0) is 0 Å². The summed E-state index contributed by atoms with van der Waals surface area (Å²) in [7, 11) is 0. The van der Waals surface area contributed by atoms with Gasteiger partial charge in [-0.05, 0) is 43.6 Å². The van der Waals surface area contributed by atoms with Gasteiger partial charge < -0.3 is 11.1 Å². The van der Waals surface area contributed by atoms with Gasteiger partial charge in [0.25, 0.3) is 0 Å². The molecule has 1 aliphatic carbocycles. The van der Waals surface area contributed by atoms with E-state index >= 15 is 0 Å². The van der Waals surface area contributed by atoms with Crippen LogP contribution in [0.1, 0.15) is 38.7 Å². The summed E-state index contributed by atoms with van der Waals surface area (Å²) in [5.74, 6) is 1.82. The topological polar surface area (TPSA) is 38.0 Å². The molecule has 0 amide bonds. The molecule has 1 aliphatic rings. The molecule has 0 aromatic heterocycles. The summed E-state index contributed by atoms with van der Waals surface area (Å²) in [5.41, 5.74) is 8.02. The fourth-order valence-electron chi connectivity index (χ4n) is 2.48. The molecule has 0 saturated heterocycles. The summed E-state index contributed by atoms with van der Waals surface area (Å²) < 4.78 is 0. The van der Waals surface area contributed by atoms with Gasteiger partial charge in [0, 0.05) is 22.2 Å². The summed E-state index contributed by atoms with van der Waals surface area (Å²) in [4.78, 5) is 1.67. The van der Waals surface area contributed by atoms with Crippen molar-refractivity contribution in [1.29, 1.82) is 0 Å². The normalized spacial score (nSPS) is 16.7. The smallest absolute Gasteiger partial charge is 0.107 e. The molecule has 0 heterocycles. The van der Waals surface area contributed by atoms with E-state index in [1.807, 2.05) is 0 Å². The van der Waals surface area contributed by atoms with Gasteiger partial charge in [-0.15, -0.1) is 11.8 Å². The maximum absolute atomic E-state index is 5.92. The van der Waals surface area contributed by atoms with Crippen molar-refractivity contribution in [2.75, 3.05) is 11.1 Å². The molecule has 1 atom stereocenters. The van der Waals surface area contributed by atoms with Gasteiger partial charge in [-0.25, -0.2) is 0 Å². The van der Waals surface area contributed by atoms with Crippen LogP contribution in [0.3, 0.4) is 0 Å². The lowest BCUT2D eigenvalue weighted by Crippen LogP contribution is -2.31. The van der Waals surface area contributed by atoms with E-state index in [4.69, 9.17) is 18.0 Å². The largest absolute Gasteiger partial charge is 0.389 e. The van der Waals surface area contributed by atoms with Gasteiger partial charge in [0.2, 0.25) is 0 Å². The number of hydrogen-bond acceptors (Lipinski definition) is 3. The van der Waals surface area contributed by atoms with E-state index in [0.717, 1.165) is 22.9 Å². The monoisotopic (exact) mass is 294 g/mol. The van der Waals surface area contributed by atoms with E-state index in [0.29, 0.717) is 11.0 Å². The van der Waals surface area contributed by atoms with Crippen LogP contribution in [0.15, 0.2) is 23.1 Å². The number of anilines is 1. The number of nitrogens with two attached hydrogens (primary N) is 1. The van der Waals surface area contributed by atoms with Crippen molar-refractivity contribution in [2.24, 2.45) is 11.7 Å². The predicted octanol–water partition coefficient (Wildman–Crippen LogP) is 4.03. The Morgan fingerprint density at radius 2 is 2.26 bits per heavy atom. The molecule has 1 saturated carbocycles. The highest BCUT2D eigenvalue weighted by Crippen LogP contribution is 2.33. The third kappa shape index (κ3) is 3.42. The summed E-state index contributed by atoms with van der Waals surface area (Å²) in [5, 5.41) is 3.61. The lowest BCUT2D eigenvalue weighted by Gasteiger charge is -2.33. The van der Waals surface area contributed by atoms with Crippen LogP contribution in [0.4, 0.5) is 5.69 Å². The molecule has 4 heteroatoms. The first-order valence-electron chi connectivity index (χ1n) is 6.95. The first-order chi connectivity index (χ1) is 9.13. The number of rotatable bonds is 6. The van der Waals surface area contributed by atoms with E-state index in [-0.39, 0.29) is 0 Å². The van der Waals surface area contributed by atoms with Crippen LogP contribution < -0.4 is 11.1 Å². The second-order valence-corrected chi connectivity index (χ2v) is 6.85. The highest BCUT2D eigenvalue weighted by atomic mass is 32.2. The lowest BCUT2D eigenvalue weighted by molar-refractivity contribution is 0.285. The maximum Gasteiger partial charge on any atom is 0.107 e. The molecule has 104 valence electrons. The Hall–Kier alpha value is -0.740. The quantitative estimate of drug-likeness (QED) is 0.613. The lowest BCUT2D eigenvalue weighted by atomic mass is 9.80. The molecular formula is C15H22N2S2. The number of thioether (sulfide) groups is 1. The molecular weight excluding hydrogens is 272 g/mol. The number of hydrogen-bond donors (Lipinski definition) is 2. The summed E-state index contributed by atoms with van der Waals surface area (Å²) in [6.07, 6.45) is 4.03. The average Bonchev–Trinajstić information content (AvgIpc) is 2.26. The third-order valence-corrected chi connectivity index (χ3v) is 4.96. The molecule has 0 bridgehead atoms. The van der Waals surface area contributed by atoms with Crippen molar-refractivity contribution in [1.82, 2.24) is 0 Å². The zero-order valence-electron chi connectivity index (χ0n) is 11.6. The number of nitrogens with one attached hydrogen (secondary N) is 1. The predicted molar refractivity (Wildman–Crippen MR) is 89.2 cm³/mol. The molecule has 19 heavy (non-hydrogen) atoms. The molecule has 0 spiro atoms. The minimum atomic E-state index is 0.486. The maximum atomic E-state index is 5.92. The van der Waals surface area contributed by atoms with E-state index in [2.05, 4.69) is 37.4 Å². The van der Waals surface area contributed by atoms with Crippen LogP contribution in [0.2, 0.25) is 0 Å². The van der Waals surface area contributed by atoms with Gasteiger partial charge in [-0.1, -0.05) is 31.6 Å². The zero-order valence-corrected chi connectivity index (χ0v) is 13.2. The first kappa shape index (κ1) is 14.7. The Balaban J connectivity index is 2.22. The van der Waals surface area contributed by atoms with Crippen LogP contribution in [0.5, 0.6) is 0 Å². The van der Waals surface area contributed by atoms with Crippen molar-refractivity contribution in [2.45, 2.75) is 44.0 Å². The van der Waals surface area contributed by atoms with Gasteiger partial charge >= 0.3 is 0 Å². The SMILES string of the molecule is CCSc1cccc(NC(C)C2CCC2)c1C(N)=S. The number of benzene rings is 1. The Labute approximate surface area is 125 Å². The van der Waals surface area contributed by atoms with E-state index in [9.17, 15) is 0 Å². The van der Waals surface area contributed by atoms with Gasteiger partial charge in [0.05, 0.1) is 0 Å². The highest BCUT2D eigenvalue weighted by Gasteiger charge is 2.24. The van der Waals surface area contributed by atoms with E-state index in [1.54, 1.807) is 11.8 Å². The molecule has 1 fully saturated rings. The van der Waals surface area contributed by atoms with Crippen molar-refractivity contribution in [3.8, 4) is 0 Å². The van der Waals surface area contributed by atoms with Crippen LogP contribution >= 0.6 is 24.0 Å². The van der Waals surface area contributed by atoms with Crippen molar-refractivity contribution in [3.63, 3.8) is 0 Å². The van der Waals surface area contributed by atoms with Gasteiger partial charge in [0.15, 0.2) is 0 Å². The van der Waals surface area contributed by atoms with Crippen LogP contribution in [0.25, 0.3) is 0 Å². The second-order valence-electron chi connectivity index (χ2n) is 5.10. The zero-order chi connectivity index (χ0) is 13.8. The Morgan fingerprint density at radius 1 is 1.53 bits per heavy atom. The van der Waals surface area contributed by atoms with Gasteiger partial charge in [0.1, 0.15) is 4.99 Å². The van der Waals surface area contributed by atoms with Crippen molar-refractivity contribution >= 4 is 34.7 Å². The molecule has 1 unspecified atom stereocenters. The molecule has 1 aromatic rings. The van der Waals surface area contributed by atoms with Crippen LogP contribution in [-0.4, -0.2) is 16.8 Å². The Morgan fingerprint density at radius 3 is 2.79 bits per heavy atom. The van der Waals surface area contributed by atoms with Gasteiger partial charge in [-0.3, -0.25) is 0 Å². The average molecular weight is 294 g/mol. The first-order valence-corrected chi connectivity index (χ1v) is 8.35. The Kier molecular flexibility index (Phi) is 5.11. The molecule has 0 radical (unpaired) electrons. The molecule has 3 N–H and O–H groups in total. The summed E-state index contributed by atoms with van der Waals surface area (Å²) in [6.45, 7) is 4.40. The summed E-state index contributed by atoms with van der Waals surface area (Å²) in [6, 6.07) is 6.75. The standard InChI is InChI=1S/C15H22N2S2/c1-3-19-13-9-5-8-12(14(13)15(16)18)17-10(2)11-6-4-7-11/h5,8-11,17H,3-4,6-7H2,1-2H3,(H2,16,18). The minimum absolute atomic E-state index is 0.486. The third-order valence-electron chi connectivity index (χ3n) is 3.81. The van der Waals surface area contributed by atoms with E-state index < -0.39 is 0 Å². The van der Waals surface area contributed by atoms with Gasteiger partial charge in [-0.2, -0.15) is 0 Å².